The molecule has 1 amide bonds. The van der Waals surface area contributed by atoms with Gasteiger partial charge in [-0.25, -0.2) is 4.98 Å². The van der Waals surface area contributed by atoms with Crippen LogP contribution in [-0.4, -0.2) is 36.0 Å². The summed E-state index contributed by atoms with van der Waals surface area (Å²) < 4.78 is 5.54. The molecule has 0 aliphatic rings. The minimum atomic E-state index is -0.317. The second-order valence-electron chi connectivity index (χ2n) is 4.50. The van der Waals surface area contributed by atoms with Crippen molar-refractivity contribution in [3.8, 4) is 5.75 Å². The summed E-state index contributed by atoms with van der Waals surface area (Å²) in [6.45, 7) is 0.691. The second kappa shape index (κ2) is 7.68. The zero-order valence-electron chi connectivity index (χ0n) is 11.7. The fraction of sp³-hybridized carbons (Fsp3) is 0.200. The van der Waals surface area contributed by atoms with Crippen molar-refractivity contribution in [3.63, 3.8) is 0 Å². The highest BCUT2D eigenvalue weighted by Crippen LogP contribution is 2.19. The van der Waals surface area contributed by atoms with Crippen molar-refractivity contribution >= 4 is 40.7 Å². The molecular weight excluding hydrogens is 347 g/mol. The molecule has 1 aromatic heterocycles. The fourth-order valence-corrected chi connectivity index (χ4v) is 2.22. The summed E-state index contributed by atoms with van der Waals surface area (Å²) in [7, 11) is 1.64. The summed E-state index contributed by atoms with van der Waals surface area (Å²) in [4.78, 5) is 17.7. The number of amides is 1. The van der Waals surface area contributed by atoms with E-state index in [-0.39, 0.29) is 21.8 Å². The Kier molecular flexibility index (Phi) is 5.89. The number of pyridine rings is 1. The molecule has 0 saturated carbocycles. The van der Waals surface area contributed by atoms with E-state index in [4.69, 9.17) is 39.5 Å². The first-order valence-electron chi connectivity index (χ1n) is 6.43. The molecule has 0 N–H and O–H groups in total. The van der Waals surface area contributed by atoms with Gasteiger partial charge >= 0.3 is 0 Å². The molecule has 0 unspecified atom stereocenters. The topological polar surface area (TPSA) is 42.4 Å². The third-order valence-corrected chi connectivity index (χ3v) is 3.60. The molecule has 0 bridgehead atoms. The van der Waals surface area contributed by atoms with Crippen LogP contribution in [0.3, 0.4) is 0 Å². The van der Waals surface area contributed by atoms with Crippen molar-refractivity contribution in [1.82, 2.24) is 9.88 Å². The number of ether oxygens (including phenoxy) is 1. The van der Waals surface area contributed by atoms with Crippen LogP contribution < -0.4 is 4.74 Å². The quantitative estimate of drug-likeness (QED) is 0.752. The van der Waals surface area contributed by atoms with Crippen molar-refractivity contribution < 1.29 is 9.53 Å². The largest absolute Gasteiger partial charge is 0.492 e. The minimum absolute atomic E-state index is 0.124. The van der Waals surface area contributed by atoms with Gasteiger partial charge in [-0.15, -0.1) is 0 Å². The lowest BCUT2D eigenvalue weighted by atomic mass is 10.3. The van der Waals surface area contributed by atoms with Crippen LogP contribution in [0.1, 0.15) is 10.5 Å². The highest BCUT2D eigenvalue weighted by Gasteiger charge is 2.17. The summed E-state index contributed by atoms with van der Waals surface area (Å²) in [5.74, 6) is 0.328. The number of rotatable bonds is 5. The van der Waals surface area contributed by atoms with E-state index in [1.165, 1.54) is 11.0 Å². The van der Waals surface area contributed by atoms with Crippen molar-refractivity contribution in [2.75, 3.05) is 20.2 Å². The van der Waals surface area contributed by atoms with Gasteiger partial charge in [0, 0.05) is 12.1 Å². The van der Waals surface area contributed by atoms with Crippen molar-refractivity contribution in [1.29, 1.82) is 0 Å². The zero-order valence-corrected chi connectivity index (χ0v) is 14.0. The number of nitrogens with zero attached hydrogens (tertiary/aromatic N) is 2. The molecular formula is C15H13Cl3N2O2. The Bertz CT molecular complexity index is 680. The smallest absolute Gasteiger partial charge is 0.273 e. The summed E-state index contributed by atoms with van der Waals surface area (Å²) in [6.07, 6.45) is 0. The van der Waals surface area contributed by atoms with E-state index in [9.17, 15) is 4.79 Å². The Morgan fingerprint density at radius 2 is 2.00 bits per heavy atom. The number of hydrogen-bond donors (Lipinski definition) is 0. The van der Waals surface area contributed by atoms with Gasteiger partial charge in [0.25, 0.3) is 5.91 Å². The number of aromatic nitrogens is 1. The van der Waals surface area contributed by atoms with Gasteiger partial charge in [-0.1, -0.05) is 40.9 Å². The third kappa shape index (κ3) is 4.50. The molecule has 1 heterocycles. The number of hydrogen-bond acceptors (Lipinski definition) is 3. The normalized spacial score (nSPS) is 10.4. The van der Waals surface area contributed by atoms with Gasteiger partial charge < -0.3 is 9.64 Å². The Hall–Kier alpha value is -1.49. The Labute approximate surface area is 143 Å². The lowest BCUT2D eigenvalue weighted by Gasteiger charge is -2.17. The predicted octanol–water partition coefficient (Wildman–Crippen LogP) is 4.19. The maximum Gasteiger partial charge on any atom is 0.273 e. The Balaban J connectivity index is 1.93. The van der Waals surface area contributed by atoms with E-state index in [0.717, 1.165) is 0 Å². The molecule has 0 atom stereocenters. The summed E-state index contributed by atoms with van der Waals surface area (Å²) in [5, 5.41) is 1.07. The van der Waals surface area contributed by atoms with Crippen LogP contribution in [0.5, 0.6) is 5.75 Å². The lowest BCUT2D eigenvalue weighted by Crippen LogP contribution is -2.31. The number of benzene rings is 1. The van der Waals surface area contributed by atoms with E-state index >= 15 is 0 Å². The highest BCUT2D eigenvalue weighted by atomic mass is 35.5. The molecule has 116 valence electrons. The standard InChI is InChI=1S/C15H13Cl3N2O2/c1-20(7-8-22-11-4-2-3-10(16)9-11)15(21)14-12(17)5-6-13(18)19-14/h2-6,9H,7-8H2,1H3. The van der Waals surface area contributed by atoms with Crippen LogP contribution >= 0.6 is 34.8 Å². The van der Waals surface area contributed by atoms with Gasteiger partial charge in [0.15, 0.2) is 0 Å². The van der Waals surface area contributed by atoms with E-state index in [1.807, 2.05) is 0 Å². The average molecular weight is 360 g/mol. The SMILES string of the molecule is CN(CCOc1cccc(Cl)c1)C(=O)c1nc(Cl)ccc1Cl. The molecule has 1 aromatic carbocycles. The molecule has 22 heavy (non-hydrogen) atoms. The van der Waals surface area contributed by atoms with Crippen LogP contribution in [-0.2, 0) is 0 Å². The Morgan fingerprint density at radius 3 is 2.73 bits per heavy atom. The minimum Gasteiger partial charge on any atom is -0.492 e. The van der Waals surface area contributed by atoms with Crippen LogP contribution in [0.4, 0.5) is 0 Å². The maximum atomic E-state index is 12.3. The third-order valence-electron chi connectivity index (χ3n) is 2.85. The zero-order chi connectivity index (χ0) is 16.1. The molecule has 0 aliphatic carbocycles. The van der Waals surface area contributed by atoms with Crippen LogP contribution in [0.15, 0.2) is 36.4 Å². The van der Waals surface area contributed by atoms with Gasteiger partial charge in [-0.2, -0.15) is 0 Å². The van der Waals surface area contributed by atoms with E-state index < -0.39 is 0 Å². The molecule has 2 aromatic rings. The van der Waals surface area contributed by atoms with Crippen molar-refractivity contribution in [3.05, 3.63) is 57.3 Å². The monoisotopic (exact) mass is 358 g/mol. The number of halogens is 3. The van der Waals surface area contributed by atoms with Gasteiger partial charge in [0.05, 0.1) is 11.6 Å². The molecule has 7 heteroatoms. The summed E-state index contributed by atoms with van der Waals surface area (Å²) >= 11 is 17.6. The maximum absolute atomic E-state index is 12.3. The average Bonchev–Trinajstić information content (AvgIpc) is 2.49. The van der Waals surface area contributed by atoms with E-state index in [1.54, 1.807) is 37.4 Å². The summed E-state index contributed by atoms with van der Waals surface area (Å²) in [6, 6.07) is 10.1. The van der Waals surface area contributed by atoms with Crippen LogP contribution in [0.2, 0.25) is 15.2 Å². The van der Waals surface area contributed by atoms with Gasteiger partial charge in [0.2, 0.25) is 0 Å². The van der Waals surface area contributed by atoms with Crippen molar-refractivity contribution in [2.24, 2.45) is 0 Å². The molecule has 0 fully saturated rings. The number of carbonyl (C=O) groups is 1. The predicted molar refractivity (Wildman–Crippen MR) is 88.2 cm³/mol. The summed E-state index contributed by atoms with van der Waals surface area (Å²) in [5.41, 5.74) is 0.124. The highest BCUT2D eigenvalue weighted by molar-refractivity contribution is 6.34. The van der Waals surface area contributed by atoms with Crippen LogP contribution in [0.25, 0.3) is 0 Å². The fourth-order valence-electron chi connectivity index (χ4n) is 1.71. The lowest BCUT2D eigenvalue weighted by molar-refractivity contribution is 0.0768. The molecule has 0 saturated heterocycles. The first kappa shape index (κ1) is 16.9. The molecule has 4 nitrogen and oxygen atoms in total. The van der Waals surface area contributed by atoms with Crippen LogP contribution in [0, 0.1) is 0 Å². The first-order valence-corrected chi connectivity index (χ1v) is 7.56. The van der Waals surface area contributed by atoms with Gasteiger partial charge in [0.1, 0.15) is 23.2 Å². The Morgan fingerprint density at radius 1 is 1.23 bits per heavy atom. The van der Waals surface area contributed by atoms with Gasteiger partial charge in [-0.05, 0) is 30.3 Å². The molecule has 0 radical (unpaired) electrons. The molecule has 0 spiro atoms. The number of carbonyl (C=O) groups excluding carboxylic acids is 1. The van der Waals surface area contributed by atoms with Crippen molar-refractivity contribution in [2.45, 2.75) is 0 Å². The molecule has 0 aliphatic heterocycles. The van der Waals surface area contributed by atoms with E-state index in [2.05, 4.69) is 4.98 Å². The van der Waals surface area contributed by atoms with Gasteiger partial charge in [-0.3, -0.25) is 4.79 Å². The van der Waals surface area contributed by atoms with E-state index in [0.29, 0.717) is 23.9 Å². The second-order valence-corrected chi connectivity index (χ2v) is 5.73. The molecule has 2 rings (SSSR count). The number of likely N-dealkylation sites (N-methyl/N-ethyl adjacent to an activating group) is 1. The first-order chi connectivity index (χ1) is 10.5.